The first-order valence-corrected chi connectivity index (χ1v) is 9.48. The van der Waals surface area contributed by atoms with E-state index in [4.69, 9.17) is 5.73 Å². The number of amides is 2. The molecule has 2 amide bonds. The molecule has 0 aliphatic heterocycles. The number of allylic oxidation sites excluding steroid dienone is 1. The van der Waals surface area contributed by atoms with Gasteiger partial charge in [0, 0.05) is 6.20 Å². The normalized spacial score (nSPS) is 11.1. The van der Waals surface area contributed by atoms with Gasteiger partial charge in [0.1, 0.15) is 0 Å². The Labute approximate surface area is 138 Å². The largest absolute Gasteiger partial charge is 0.351 e. The number of carbonyl (C=O) groups is 1. The minimum Gasteiger partial charge on any atom is -0.351 e. The van der Waals surface area contributed by atoms with Crippen molar-refractivity contribution >= 4 is 6.03 Å². The predicted octanol–water partition coefficient (Wildman–Crippen LogP) is 6.04. The molecule has 0 aromatic rings. The van der Waals surface area contributed by atoms with Crippen LogP contribution in [0.5, 0.6) is 0 Å². The van der Waals surface area contributed by atoms with Crippen LogP contribution in [0.4, 0.5) is 4.79 Å². The SMILES string of the molecule is CCCCCCCCCCCCCCCCC=CNC(N)=O. The number of hydrogen-bond donors (Lipinski definition) is 2. The summed E-state index contributed by atoms with van der Waals surface area (Å²) in [7, 11) is 0. The van der Waals surface area contributed by atoms with Crippen LogP contribution in [0.2, 0.25) is 0 Å². The Balaban J connectivity index is 3.02. The quantitative estimate of drug-likeness (QED) is 0.335. The maximum atomic E-state index is 10.4. The maximum Gasteiger partial charge on any atom is 0.316 e. The molecule has 3 nitrogen and oxygen atoms in total. The lowest BCUT2D eigenvalue weighted by Gasteiger charge is -2.02. The lowest BCUT2D eigenvalue weighted by Crippen LogP contribution is -2.23. The standard InChI is InChI=1S/C19H38N2O/c1-2-3-4-5-6-7-8-9-10-11-12-13-14-15-16-17-18-21-19(20)22/h17-18H,2-16H2,1H3,(H3,20,21,22). The van der Waals surface area contributed by atoms with Crippen molar-refractivity contribution in [1.82, 2.24) is 5.32 Å². The van der Waals surface area contributed by atoms with Crippen LogP contribution in [0.3, 0.4) is 0 Å². The molecule has 0 saturated heterocycles. The molecule has 0 rings (SSSR count). The molecule has 0 aromatic carbocycles. The van der Waals surface area contributed by atoms with E-state index in [9.17, 15) is 4.79 Å². The molecule has 0 unspecified atom stereocenters. The molecule has 22 heavy (non-hydrogen) atoms. The van der Waals surface area contributed by atoms with E-state index in [-0.39, 0.29) is 0 Å². The molecule has 0 atom stereocenters. The van der Waals surface area contributed by atoms with Crippen molar-refractivity contribution < 1.29 is 4.79 Å². The van der Waals surface area contributed by atoms with Gasteiger partial charge in [0.05, 0.1) is 0 Å². The maximum absolute atomic E-state index is 10.4. The van der Waals surface area contributed by atoms with Crippen molar-refractivity contribution in [3.63, 3.8) is 0 Å². The van der Waals surface area contributed by atoms with Gasteiger partial charge in [0.15, 0.2) is 0 Å². The van der Waals surface area contributed by atoms with Gasteiger partial charge in [-0.3, -0.25) is 0 Å². The lowest BCUT2D eigenvalue weighted by atomic mass is 10.0. The Morgan fingerprint density at radius 3 is 1.59 bits per heavy atom. The van der Waals surface area contributed by atoms with Crippen LogP contribution in [0, 0.1) is 0 Å². The molecule has 0 bridgehead atoms. The van der Waals surface area contributed by atoms with E-state index >= 15 is 0 Å². The van der Waals surface area contributed by atoms with E-state index < -0.39 is 6.03 Å². The second kappa shape index (κ2) is 18.1. The molecular weight excluding hydrogens is 272 g/mol. The van der Waals surface area contributed by atoms with Crippen molar-refractivity contribution in [2.45, 2.75) is 103 Å². The molecule has 0 heterocycles. The molecule has 3 heteroatoms. The van der Waals surface area contributed by atoms with Crippen LogP contribution in [0.25, 0.3) is 0 Å². The van der Waals surface area contributed by atoms with Crippen LogP contribution >= 0.6 is 0 Å². The van der Waals surface area contributed by atoms with Crippen LogP contribution < -0.4 is 11.1 Å². The second-order valence-electron chi connectivity index (χ2n) is 6.30. The summed E-state index contributed by atoms with van der Waals surface area (Å²) in [4.78, 5) is 10.4. The van der Waals surface area contributed by atoms with E-state index in [1.54, 1.807) is 6.20 Å². The van der Waals surface area contributed by atoms with E-state index in [2.05, 4.69) is 12.2 Å². The number of urea groups is 1. The van der Waals surface area contributed by atoms with Crippen molar-refractivity contribution in [2.24, 2.45) is 5.73 Å². The predicted molar refractivity (Wildman–Crippen MR) is 96.8 cm³/mol. The zero-order valence-corrected chi connectivity index (χ0v) is 14.7. The van der Waals surface area contributed by atoms with E-state index in [1.807, 2.05) is 6.08 Å². The van der Waals surface area contributed by atoms with Crippen molar-refractivity contribution in [3.8, 4) is 0 Å². The smallest absolute Gasteiger partial charge is 0.316 e. The fourth-order valence-electron chi connectivity index (χ4n) is 2.68. The average molecular weight is 311 g/mol. The second-order valence-corrected chi connectivity index (χ2v) is 6.30. The Morgan fingerprint density at radius 2 is 1.18 bits per heavy atom. The van der Waals surface area contributed by atoms with E-state index in [0.717, 1.165) is 6.42 Å². The molecule has 130 valence electrons. The molecule has 0 saturated carbocycles. The third-order valence-electron chi connectivity index (χ3n) is 4.07. The van der Waals surface area contributed by atoms with E-state index in [1.165, 1.54) is 89.9 Å². The summed E-state index contributed by atoms with van der Waals surface area (Å²) in [5.74, 6) is 0. The topological polar surface area (TPSA) is 55.1 Å². The number of carbonyl (C=O) groups excluding carboxylic acids is 1. The molecule has 0 aliphatic carbocycles. The van der Waals surface area contributed by atoms with Crippen LogP contribution in [-0.2, 0) is 0 Å². The zero-order chi connectivity index (χ0) is 16.3. The highest BCUT2D eigenvalue weighted by atomic mass is 16.2. The Kier molecular flexibility index (Phi) is 17.2. The fraction of sp³-hybridized carbons (Fsp3) is 0.842. The number of rotatable bonds is 16. The van der Waals surface area contributed by atoms with Gasteiger partial charge in [-0.1, -0.05) is 96.5 Å². The van der Waals surface area contributed by atoms with Crippen molar-refractivity contribution in [1.29, 1.82) is 0 Å². The van der Waals surface area contributed by atoms with E-state index in [0.29, 0.717) is 0 Å². The van der Waals surface area contributed by atoms with Crippen LogP contribution in [-0.4, -0.2) is 6.03 Å². The summed E-state index contributed by atoms with van der Waals surface area (Å²) in [6, 6.07) is -0.489. The number of hydrogen-bond acceptors (Lipinski definition) is 1. The average Bonchev–Trinajstić information content (AvgIpc) is 2.50. The highest BCUT2D eigenvalue weighted by molar-refractivity contribution is 5.72. The Morgan fingerprint density at radius 1 is 0.773 bits per heavy atom. The summed E-state index contributed by atoms with van der Waals surface area (Å²) in [6.45, 7) is 2.28. The fourth-order valence-corrected chi connectivity index (χ4v) is 2.68. The summed E-state index contributed by atoms with van der Waals surface area (Å²) >= 11 is 0. The number of nitrogens with two attached hydrogens (primary N) is 1. The van der Waals surface area contributed by atoms with Gasteiger partial charge in [-0.05, 0) is 12.8 Å². The van der Waals surface area contributed by atoms with Gasteiger partial charge in [-0.25, -0.2) is 4.79 Å². The van der Waals surface area contributed by atoms with Crippen LogP contribution in [0.15, 0.2) is 12.3 Å². The first-order chi connectivity index (χ1) is 10.8. The number of primary amides is 1. The third kappa shape index (κ3) is 19.0. The highest BCUT2D eigenvalue weighted by Gasteiger charge is 1.93. The molecule has 0 aliphatic rings. The van der Waals surface area contributed by atoms with Crippen molar-refractivity contribution in [3.05, 3.63) is 12.3 Å². The molecule has 3 N–H and O–H groups in total. The highest BCUT2D eigenvalue weighted by Crippen LogP contribution is 2.13. The minimum atomic E-state index is -0.489. The summed E-state index contributed by atoms with van der Waals surface area (Å²) in [6.07, 6.45) is 24.0. The van der Waals surface area contributed by atoms with Gasteiger partial charge < -0.3 is 11.1 Å². The van der Waals surface area contributed by atoms with Crippen molar-refractivity contribution in [2.75, 3.05) is 0 Å². The minimum absolute atomic E-state index is 0.489. The first-order valence-electron chi connectivity index (χ1n) is 9.48. The monoisotopic (exact) mass is 310 g/mol. The van der Waals surface area contributed by atoms with Crippen LogP contribution in [0.1, 0.15) is 103 Å². The number of nitrogens with one attached hydrogen (secondary N) is 1. The van der Waals surface area contributed by atoms with Gasteiger partial charge in [-0.2, -0.15) is 0 Å². The summed E-state index contributed by atoms with van der Waals surface area (Å²) in [5.41, 5.74) is 4.96. The Bertz CT molecular complexity index is 264. The molecule has 0 radical (unpaired) electrons. The molecular formula is C19H38N2O. The first kappa shape index (κ1) is 21.0. The van der Waals surface area contributed by atoms with Gasteiger partial charge in [0.2, 0.25) is 0 Å². The Hall–Kier alpha value is -0.990. The third-order valence-corrected chi connectivity index (χ3v) is 4.07. The summed E-state index contributed by atoms with van der Waals surface area (Å²) < 4.78 is 0. The molecule has 0 spiro atoms. The lowest BCUT2D eigenvalue weighted by molar-refractivity contribution is 0.252. The van der Waals surface area contributed by atoms with Gasteiger partial charge >= 0.3 is 6.03 Å². The van der Waals surface area contributed by atoms with Gasteiger partial charge in [-0.15, -0.1) is 0 Å². The number of unbranched alkanes of at least 4 members (excludes halogenated alkanes) is 14. The molecule has 0 aromatic heterocycles. The molecule has 0 fully saturated rings. The summed E-state index contributed by atoms with van der Waals surface area (Å²) in [5, 5.41) is 2.45. The van der Waals surface area contributed by atoms with Gasteiger partial charge in [0.25, 0.3) is 0 Å². The zero-order valence-electron chi connectivity index (χ0n) is 14.7.